The number of anilines is 1. The molecule has 2 aromatic rings. The molecular weight excluding hydrogens is 320 g/mol. The molecule has 7 nitrogen and oxygen atoms in total. The summed E-state index contributed by atoms with van der Waals surface area (Å²) in [5.74, 6) is 1.12. The summed E-state index contributed by atoms with van der Waals surface area (Å²) < 4.78 is 6.93. The third-order valence-electron chi connectivity index (χ3n) is 4.07. The lowest BCUT2D eigenvalue weighted by atomic mass is 9.95. The summed E-state index contributed by atoms with van der Waals surface area (Å²) in [7, 11) is 0. The largest absolute Gasteiger partial charge is 0.508 e. The minimum Gasteiger partial charge on any atom is -0.508 e. The van der Waals surface area contributed by atoms with E-state index < -0.39 is 12.0 Å². The quantitative estimate of drug-likeness (QED) is 0.831. The molecule has 0 radical (unpaired) electrons. The van der Waals surface area contributed by atoms with Crippen LogP contribution >= 0.6 is 0 Å². The van der Waals surface area contributed by atoms with E-state index in [0.29, 0.717) is 23.0 Å². The number of phenols is 1. The van der Waals surface area contributed by atoms with Crippen LogP contribution < -0.4 is 5.32 Å². The predicted molar refractivity (Wildman–Crippen MR) is 93.3 cm³/mol. The van der Waals surface area contributed by atoms with Crippen molar-refractivity contribution in [3.8, 4) is 5.75 Å². The third-order valence-corrected chi connectivity index (χ3v) is 4.07. The molecule has 0 amide bonds. The minimum atomic E-state index is -0.512. The van der Waals surface area contributed by atoms with Gasteiger partial charge in [-0.05, 0) is 31.5 Å². The number of carbonyl (C=O) groups is 1. The van der Waals surface area contributed by atoms with Crippen LogP contribution in [0.4, 0.5) is 5.95 Å². The van der Waals surface area contributed by atoms with E-state index in [0.717, 1.165) is 5.56 Å². The first kappa shape index (κ1) is 17.0. The van der Waals surface area contributed by atoms with E-state index in [1.807, 2.05) is 26.8 Å². The van der Waals surface area contributed by atoms with Gasteiger partial charge in [0.25, 0.3) is 0 Å². The highest BCUT2D eigenvalue weighted by atomic mass is 16.5. The molecule has 2 heterocycles. The van der Waals surface area contributed by atoms with Gasteiger partial charge >= 0.3 is 5.97 Å². The average molecular weight is 342 g/mol. The van der Waals surface area contributed by atoms with Crippen LogP contribution in [-0.2, 0) is 9.53 Å². The maximum Gasteiger partial charge on any atom is 0.338 e. The van der Waals surface area contributed by atoms with Crippen LogP contribution in [0.15, 0.2) is 35.5 Å². The second-order valence-corrected chi connectivity index (χ2v) is 6.27. The monoisotopic (exact) mass is 342 g/mol. The lowest BCUT2D eigenvalue weighted by molar-refractivity contribution is -0.139. The Morgan fingerprint density at radius 2 is 2.20 bits per heavy atom. The smallest absolute Gasteiger partial charge is 0.338 e. The number of allylic oxidation sites excluding steroid dienone is 1. The first-order valence-corrected chi connectivity index (χ1v) is 8.32. The number of carbonyl (C=O) groups excluding carboxylic acids is 1. The molecule has 2 N–H and O–H groups in total. The zero-order chi connectivity index (χ0) is 18.1. The van der Waals surface area contributed by atoms with E-state index >= 15 is 0 Å². The van der Waals surface area contributed by atoms with Gasteiger partial charge in [-0.25, -0.2) is 9.48 Å². The van der Waals surface area contributed by atoms with Crippen molar-refractivity contribution in [3.05, 3.63) is 46.9 Å². The second kappa shape index (κ2) is 6.58. The van der Waals surface area contributed by atoms with Gasteiger partial charge in [0.15, 0.2) is 5.82 Å². The number of nitrogens with zero attached hydrogens (tertiary/aromatic N) is 3. The highest BCUT2D eigenvalue weighted by molar-refractivity contribution is 5.92. The Labute approximate surface area is 146 Å². The molecule has 3 rings (SSSR count). The van der Waals surface area contributed by atoms with Crippen LogP contribution in [0.25, 0.3) is 0 Å². The van der Waals surface area contributed by atoms with Crippen molar-refractivity contribution in [1.82, 2.24) is 14.8 Å². The highest BCUT2D eigenvalue weighted by Crippen LogP contribution is 2.37. The number of fused-ring (bicyclic) bond motifs is 1. The van der Waals surface area contributed by atoms with E-state index in [-0.39, 0.29) is 18.3 Å². The van der Waals surface area contributed by atoms with Crippen molar-refractivity contribution in [3.63, 3.8) is 0 Å². The summed E-state index contributed by atoms with van der Waals surface area (Å²) in [6.07, 6.45) is 0. The number of rotatable bonds is 4. The van der Waals surface area contributed by atoms with Gasteiger partial charge in [-0.3, -0.25) is 0 Å². The van der Waals surface area contributed by atoms with Crippen LogP contribution in [-0.4, -0.2) is 32.4 Å². The Hall–Kier alpha value is -2.83. The molecule has 1 aliphatic rings. The lowest BCUT2D eigenvalue weighted by Gasteiger charge is -2.28. The fourth-order valence-corrected chi connectivity index (χ4v) is 2.89. The number of phenolic OH excluding ortho intramolecular Hbond substituents is 1. The second-order valence-electron chi connectivity index (χ2n) is 6.27. The number of aromatic hydroxyl groups is 1. The Morgan fingerprint density at radius 1 is 1.44 bits per heavy atom. The van der Waals surface area contributed by atoms with E-state index in [1.54, 1.807) is 29.8 Å². The standard InChI is InChI=1S/C18H22N4O3/c1-5-25-17(24)14-11(4)19-18-20-16(10(2)3)21-22(18)15(14)12-7-6-8-13(23)9-12/h6-10,15,23H,5H2,1-4H3,(H,19,20,21). The van der Waals surface area contributed by atoms with Crippen LogP contribution in [0.3, 0.4) is 0 Å². The molecule has 0 fully saturated rings. The van der Waals surface area contributed by atoms with Gasteiger partial charge in [-0.1, -0.05) is 26.0 Å². The van der Waals surface area contributed by atoms with Crippen LogP contribution in [0.2, 0.25) is 0 Å². The Morgan fingerprint density at radius 3 is 2.84 bits per heavy atom. The van der Waals surface area contributed by atoms with Crippen LogP contribution in [0.1, 0.15) is 51.0 Å². The molecule has 0 saturated heterocycles. The molecule has 1 aliphatic heterocycles. The molecule has 7 heteroatoms. The fraction of sp³-hybridized carbons (Fsp3) is 0.389. The Bertz CT molecular complexity index is 839. The van der Waals surface area contributed by atoms with Crippen LogP contribution in [0, 0.1) is 0 Å². The number of hydrogen-bond acceptors (Lipinski definition) is 6. The third kappa shape index (κ3) is 3.09. The van der Waals surface area contributed by atoms with E-state index in [2.05, 4.69) is 15.4 Å². The van der Waals surface area contributed by atoms with Crippen molar-refractivity contribution in [2.45, 2.75) is 39.7 Å². The van der Waals surface area contributed by atoms with Gasteiger partial charge in [-0.15, -0.1) is 0 Å². The van der Waals surface area contributed by atoms with Crippen molar-refractivity contribution in [2.24, 2.45) is 0 Å². The summed E-state index contributed by atoms with van der Waals surface area (Å²) in [4.78, 5) is 17.1. The number of ether oxygens (including phenoxy) is 1. The van der Waals surface area contributed by atoms with E-state index in [4.69, 9.17) is 4.74 Å². The molecule has 1 atom stereocenters. The van der Waals surface area contributed by atoms with Gasteiger partial charge in [0, 0.05) is 11.6 Å². The fourth-order valence-electron chi connectivity index (χ4n) is 2.89. The number of hydrogen-bond donors (Lipinski definition) is 2. The van der Waals surface area contributed by atoms with Gasteiger partial charge in [0.2, 0.25) is 5.95 Å². The van der Waals surface area contributed by atoms with Crippen molar-refractivity contribution >= 4 is 11.9 Å². The molecule has 0 aliphatic carbocycles. The Balaban J connectivity index is 2.18. The summed E-state index contributed by atoms with van der Waals surface area (Å²) in [5, 5.41) is 17.6. The summed E-state index contributed by atoms with van der Waals surface area (Å²) in [6.45, 7) is 7.89. The molecule has 0 bridgehead atoms. The van der Waals surface area contributed by atoms with Gasteiger partial charge in [0.1, 0.15) is 11.8 Å². The number of nitrogens with one attached hydrogen (secondary N) is 1. The lowest BCUT2D eigenvalue weighted by Crippen LogP contribution is -2.29. The Kier molecular flexibility index (Phi) is 4.48. The molecule has 1 aromatic carbocycles. The molecule has 25 heavy (non-hydrogen) atoms. The van der Waals surface area contributed by atoms with Gasteiger partial charge in [0.05, 0.1) is 12.2 Å². The summed E-state index contributed by atoms with van der Waals surface area (Å²) in [5.41, 5.74) is 1.87. The molecule has 1 aromatic heterocycles. The van der Waals surface area contributed by atoms with Crippen molar-refractivity contribution in [1.29, 1.82) is 0 Å². The molecule has 0 saturated carbocycles. The van der Waals surface area contributed by atoms with Crippen molar-refractivity contribution < 1.29 is 14.6 Å². The van der Waals surface area contributed by atoms with Gasteiger partial charge < -0.3 is 15.2 Å². The van der Waals surface area contributed by atoms with Gasteiger partial charge in [-0.2, -0.15) is 10.1 Å². The van der Waals surface area contributed by atoms with Crippen LogP contribution in [0.5, 0.6) is 5.75 Å². The minimum absolute atomic E-state index is 0.127. The number of aromatic nitrogens is 3. The zero-order valence-corrected chi connectivity index (χ0v) is 14.8. The molecule has 0 spiro atoms. The molecular formula is C18H22N4O3. The maximum atomic E-state index is 12.6. The van der Waals surface area contributed by atoms with E-state index in [9.17, 15) is 9.90 Å². The molecule has 1 unspecified atom stereocenters. The first-order chi connectivity index (χ1) is 11.9. The topological polar surface area (TPSA) is 89.3 Å². The SMILES string of the molecule is CCOC(=O)C1=C(C)Nc2nc(C(C)C)nn2C1c1cccc(O)c1. The summed E-state index contributed by atoms with van der Waals surface area (Å²) in [6, 6.07) is 6.30. The molecule has 132 valence electrons. The first-order valence-electron chi connectivity index (χ1n) is 8.32. The van der Waals surface area contributed by atoms with Crippen molar-refractivity contribution in [2.75, 3.05) is 11.9 Å². The number of esters is 1. The maximum absolute atomic E-state index is 12.6. The predicted octanol–water partition coefficient (Wildman–Crippen LogP) is 2.96. The average Bonchev–Trinajstić information content (AvgIpc) is 2.97. The number of benzene rings is 1. The van der Waals surface area contributed by atoms with E-state index in [1.165, 1.54) is 0 Å². The summed E-state index contributed by atoms with van der Waals surface area (Å²) >= 11 is 0. The normalized spacial score (nSPS) is 16.6. The highest BCUT2D eigenvalue weighted by Gasteiger charge is 2.35. The zero-order valence-electron chi connectivity index (χ0n) is 14.8.